The number of carbonyl (C=O) groups excluding carboxylic acids is 2. The largest absolute Gasteiger partial charge is 0.465 e. The zero-order valence-corrected chi connectivity index (χ0v) is 12.3. The maximum atomic E-state index is 12.4. The SMILES string of the molecule is CCOC(=O)CS[C@@H](C)C(=O)c1c[nH]c2ccccc12. The quantitative estimate of drug-likeness (QED) is 0.656. The Balaban J connectivity index is 2.05. The number of nitrogens with one attached hydrogen (secondary N) is 1. The van der Waals surface area contributed by atoms with Crippen LogP contribution in [0.25, 0.3) is 10.9 Å². The fourth-order valence-electron chi connectivity index (χ4n) is 1.97. The van der Waals surface area contributed by atoms with Crippen molar-refractivity contribution in [3.63, 3.8) is 0 Å². The Morgan fingerprint density at radius 3 is 2.85 bits per heavy atom. The van der Waals surface area contributed by atoms with Gasteiger partial charge in [0.15, 0.2) is 5.78 Å². The molecule has 106 valence electrons. The summed E-state index contributed by atoms with van der Waals surface area (Å²) in [6.45, 7) is 3.95. The van der Waals surface area contributed by atoms with Gasteiger partial charge in [-0.15, -0.1) is 11.8 Å². The third-order valence-corrected chi connectivity index (χ3v) is 4.10. The van der Waals surface area contributed by atoms with Crippen LogP contribution in [0.15, 0.2) is 30.5 Å². The number of hydrogen-bond acceptors (Lipinski definition) is 4. The Kier molecular flexibility index (Phi) is 4.84. The minimum atomic E-state index is -0.281. The van der Waals surface area contributed by atoms with Crippen LogP contribution in [0.3, 0.4) is 0 Å². The predicted octanol–water partition coefficient (Wildman–Crippen LogP) is 3.04. The number of ether oxygens (including phenoxy) is 1. The number of H-pyrrole nitrogens is 1. The number of fused-ring (bicyclic) bond motifs is 1. The first-order chi connectivity index (χ1) is 9.63. The molecule has 4 nitrogen and oxygen atoms in total. The van der Waals surface area contributed by atoms with E-state index in [9.17, 15) is 9.59 Å². The van der Waals surface area contributed by atoms with Crippen LogP contribution in [0.5, 0.6) is 0 Å². The molecule has 0 radical (unpaired) electrons. The van der Waals surface area contributed by atoms with Crippen molar-refractivity contribution in [3.05, 3.63) is 36.0 Å². The van der Waals surface area contributed by atoms with Gasteiger partial charge in [0.1, 0.15) is 0 Å². The van der Waals surface area contributed by atoms with E-state index < -0.39 is 0 Å². The van der Waals surface area contributed by atoms with E-state index >= 15 is 0 Å². The highest BCUT2D eigenvalue weighted by Gasteiger charge is 2.20. The molecule has 0 bridgehead atoms. The van der Waals surface area contributed by atoms with E-state index in [1.807, 2.05) is 31.2 Å². The lowest BCUT2D eigenvalue weighted by molar-refractivity contribution is -0.139. The van der Waals surface area contributed by atoms with Crippen molar-refractivity contribution in [1.82, 2.24) is 4.98 Å². The fraction of sp³-hybridized carbons (Fsp3) is 0.333. The van der Waals surface area contributed by atoms with Crippen molar-refractivity contribution in [3.8, 4) is 0 Å². The third kappa shape index (κ3) is 3.22. The maximum Gasteiger partial charge on any atom is 0.315 e. The zero-order chi connectivity index (χ0) is 14.5. The lowest BCUT2D eigenvalue weighted by Gasteiger charge is -2.09. The van der Waals surface area contributed by atoms with Gasteiger partial charge in [0.05, 0.1) is 17.6 Å². The second kappa shape index (κ2) is 6.61. The number of rotatable bonds is 6. The van der Waals surface area contributed by atoms with Crippen LogP contribution in [-0.4, -0.2) is 34.3 Å². The van der Waals surface area contributed by atoms with Gasteiger partial charge in [0.2, 0.25) is 0 Å². The number of benzene rings is 1. The summed E-state index contributed by atoms with van der Waals surface area (Å²) in [5, 5.41) is 0.639. The molecule has 0 unspecified atom stereocenters. The van der Waals surface area contributed by atoms with Crippen LogP contribution < -0.4 is 0 Å². The van der Waals surface area contributed by atoms with Crippen LogP contribution in [0.4, 0.5) is 0 Å². The van der Waals surface area contributed by atoms with E-state index in [0.29, 0.717) is 12.2 Å². The van der Waals surface area contributed by atoms with E-state index in [1.54, 1.807) is 13.1 Å². The number of Topliss-reactive ketones (excluding diaryl/α,β-unsaturated/α-hetero) is 1. The monoisotopic (exact) mass is 291 g/mol. The molecule has 1 N–H and O–H groups in total. The standard InChI is InChI=1S/C15H17NO3S/c1-3-19-14(17)9-20-10(2)15(18)12-8-16-13-7-5-4-6-11(12)13/h4-8,10,16H,3,9H2,1-2H3/t10-/m0/s1. The van der Waals surface area contributed by atoms with Crippen molar-refractivity contribution >= 4 is 34.4 Å². The van der Waals surface area contributed by atoms with Gasteiger partial charge in [0.25, 0.3) is 0 Å². The summed E-state index contributed by atoms with van der Waals surface area (Å²) in [5.74, 6) is -0.0591. The average molecular weight is 291 g/mol. The van der Waals surface area contributed by atoms with Gasteiger partial charge >= 0.3 is 5.97 Å². The van der Waals surface area contributed by atoms with Gasteiger partial charge in [-0.2, -0.15) is 0 Å². The Labute approximate surface area is 121 Å². The first-order valence-electron chi connectivity index (χ1n) is 6.51. The molecule has 0 aliphatic rings. The summed E-state index contributed by atoms with van der Waals surface area (Å²) >= 11 is 1.30. The number of thioether (sulfide) groups is 1. The van der Waals surface area contributed by atoms with Crippen LogP contribution in [0.1, 0.15) is 24.2 Å². The highest BCUT2D eigenvalue weighted by molar-refractivity contribution is 8.01. The number of hydrogen-bond donors (Lipinski definition) is 1. The third-order valence-electron chi connectivity index (χ3n) is 2.98. The number of aromatic nitrogens is 1. The summed E-state index contributed by atoms with van der Waals surface area (Å²) in [7, 11) is 0. The number of ketones is 1. The summed E-state index contributed by atoms with van der Waals surface area (Å²) < 4.78 is 4.86. The molecule has 0 saturated carbocycles. The molecule has 1 aromatic heterocycles. The van der Waals surface area contributed by atoms with Gasteiger partial charge in [-0.05, 0) is 19.9 Å². The Morgan fingerprint density at radius 2 is 2.10 bits per heavy atom. The fourth-order valence-corrected chi connectivity index (χ4v) is 2.71. The average Bonchev–Trinajstić information content (AvgIpc) is 2.88. The summed E-state index contributed by atoms with van der Waals surface area (Å²) in [4.78, 5) is 26.8. The van der Waals surface area contributed by atoms with E-state index in [2.05, 4.69) is 4.98 Å². The molecule has 2 aromatic rings. The first-order valence-corrected chi connectivity index (χ1v) is 7.56. The molecule has 20 heavy (non-hydrogen) atoms. The lowest BCUT2D eigenvalue weighted by atomic mass is 10.1. The van der Waals surface area contributed by atoms with Crippen molar-refractivity contribution in [1.29, 1.82) is 0 Å². The van der Waals surface area contributed by atoms with E-state index in [1.165, 1.54) is 11.8 Å². The molecular formula is C15H17NO3S. The number of esters is 1. The highest BCUT2D eigenvalue weighted by Crippen LogP contribution is 2.23. The molecular weight excluding hydrogens is 274 g/mol. The van der Waals surface area contributed by atoms with Crippen molar-refractivity contribution in [2.24, 2.45) is 0 Å². The minimum Gasteiger partial charge on any atom is -0.465 e. The second-order valence-electron chi connectivity index (χ2n) is 4.37. The molecule has 5 heteroatoms. The molecule has 1 heterocycles. The summed E-state index contributed by atoms with van der Waals surface area (Å²) in [6, 6.07) is 7.68. The maximum absolute atomic E-state index is 12.4. The van der Waals surface area contributed by atoms with Gasteiger partial charge in [-0.1, -0.05) is 18.2 Å². The van der Waals surface area contributed by atoms with E-state index in [0.717, 1.165) is 10.9 Å². The van der Waals surface area contributed by atoms with Gasteiger partial charge in [-0.25, -0.2) is 0 Å². The molecule has 0 aliphatic carbocycles. The van der Waals surface area contributed by atoms with E-state index in [-0.39, 0.29) is 22.8 Å². The molecule has 2 rings (SSSR count). The highest BCUT2D eigenvalue weighted by atomic mass is 32.2. The van der Waals surface area contributed by atoms with Crippen molar-refractivity contribution in [2.45, 2.75) is 19.1 Å². The number of aromatic amines is 1. The summed E-state index contributed by atoms with van der Waals surface area (Å²) in [5.41, 5.74) is 1.61. The van der Waals surface area contributed by atoms with Gasteiger partial charge < -0.3 is 9.72 Å². The zero-order valence-electron chi connectivity index (χ0n) is 11.5. The first kappa shape index (κ1) is 14.7. The molecule has 0 aliphatic heterocycles. The molecule has 0 spiro atoms. The number of para-hydroxylation sites is 1. The number of carbonyl (C=O) groups is 2. The Hall–Kier alpha value is -1.75. The minimum absolute atomic E-state index is 0.0248. The Morgan fingerprint density at radius 1 is 1.35 bits per heavy atom. The van der Waals surface area contributed by atoms with Crippen molar-refractivity contribution < 1.29 is 14.3 Å². The van der Waals surface area contributed by atoms with Crippen LogP contribution in [-0.2, 0) is 9.53 Å². The van der Waals surface area contributed by atoms with Crippen LogP contribution >= 0.6 is 11.8 Å². The molecule has 0 fully saturated rings. The summed E-state index contributed by atoms with van der Waals surface area (Å²) in [6.07, 6.45) is 1.73. The van der Waals surface area contributed by atoms with E-state index in [4.69, 9.17) is 4.74 Å². The molecule has 1 aromatic carbocycles. The molecule has 1 atom stereocenters. The normalized spacial score (nSPS) is 12.3. The lowest BCUT2D eigenvalue weighted by Crippen LogP contribution is -2.17. The van der Waals surface area contributed by atoms with Gasteiger partial charge in [0, 0.05) is 22.7 Å². The van der Waals surface area contributed by atoms with Crippen molar-refractivity contribution in [2.75, 3.05) is 12.4 Å². The smallest absolute Gasteiger partial charge is 0.315 e. The van der Waals surface area contributed by atoms with Crippen LogP contribution in [0.2, 0.25) is 0 Å². The van der Waals surface area contributed by atoms with Crippen LogP contribution in [0, 0.1) is 0 Å². The topological polar surface area (TPSA) is 59.2 Å². The molecule has 0 saturated heterocycles. The second-order valence-corrected chi connectivity index (χ2v) is 5.70. The predicted molar refractivity (Wildman–Crippen MR) is 81.2 cm³/mol. The Bertz CT molecular complexity index is 620. The van der Waals surface area contributed by atoms with Gasteiger partial charge in [-0.3, -0.25) is 9.59 Å². The molecule has 0 amide bonds.